The number of piperidine rings is 1. The van der Waals surface area contributed by atoms with Gasteiger partial charge in [-0.15, -0.1) is 0 Å². The normalized spacial score (nSPS) is 17.8. The summed E-state index contributed by atoms with van der Waals surface area (Å²) in [5.74, 6) is 0.735. The zero-order chi connectivity index (χ0) is 22.8. The van der Waals surface area contributed by atoms with Gasteiger partial charge in [-0.2, -0.15) is 0 Å². The summed E-state index contributed by atoms with van der Waals surface area (Å²) in [7, 11) is 0. The SMILES string of the molecule is CCNC(=NCCNC(=O)c1ccccc1O)N1CCN(CC(=O)N2CCCCC2)CC1. The highest BCUT2D eigenvalue weighted by Gasteiger charge is 2.24. The molecule has 3 rings (SSSR count). The second kappa shape index (κ2) is 12.3. The van der Waals surface area contributed by atoms with Crippen LogP contribution in [0.4, 0.5) is 0 Å². The average molecular weight is 445 g/mol. The van der Waals surface area contributed by atoms with Gasteiger partial charge in [-0.3, -0.25) is 19.5 Å². The van der Waals surface area contributed by atoms with Gasteiger partial charge >= 0.3 is 0 Å². The van der Waals surface area contributed by atoms with E-state index in [1.54, 1.807) is 18.2 Å². The van der Waals surface area contributed by atoms with Gasteiger partial charge in [-0.25, -0.2) is 0 Å². The molecule has 2 fully saturated rings. The van der Waals surface area contributed by atoms with E-state index in [-0.39, 0.29) is 23.1 Å². The van der Waals surface area contributed by atoms with Gasteiger partial charge in [0.1, 0.15) is 5.75 Å². The molecule has 0 bridgehead atoms. The number of aliphatic imine (C=N–C) groups is 1. The monoisotopic (exact) mass is 444 g/mol. The number of para-hydroxylation sites is 1. The molecule has 0 unspecified atom stereocenters. The van der Waals surface area contributed by atoms with Crippen LogP contribution in [0.15, 0.2) is 29.3 Å². The summed E-state index contributed by atoms with van der Waals surface area (Å²) in [6.07, 6.45) is 3.47. The molecule has 9 heteroatoms. The lowest BCUT2D eigenvalue weighted by Gasteiger charge is -2.37. The lowest BCUT2D eigenvalue weighted by atomic mass is 10.1. The molecule has 176 valence electrons. The van der Waals surface area contributed by atoms with E-state index in [0.717, 1.165) is 64.6 Å². The van der Waals surface area contributed by atoms with E-state index in [9.17, 15) is 14.7 Å². The highest BCUT2D eigenvalue weighted by molar-refractivity contribution is 5.96. The van der Waals surface area contributed by atoms with Crippen LogP contribution in [0, 0.1) is 0 Å². The summed E-state index contributed by atoms with van der Waals surface area (Å²) in [5, 5.41) is 15.9. The number of likely N-dealkylation sites (tertiary alicyclic amines) is 1. The third-order valence-corrected chi connectivity index (χ3v) is 5.88. The molecule has 2 aliphatic rings. The first-order valence-electron chi connectivity index (χ1n) is 11.7. The first kappa shape index (κ1) is 23.8. The molecule has 0 saturated carbocycles. The van der Waals surface area contributed by atoms with Gasteiger partial charge in [0.05, 0.1) is 18.7 Å². The Kier molecular flexibility index (Phi) is 9.15. The molecule has 0 spiro atoms. The minimum atomic E-state index is -0.310. The third-order valence-electron chi connectivity index (χ3n) is 5.88. The Balaban J connectivity index is 1.43. The Labute approximate surface area is 190 Å². The number of guanidine groups is 1. The Bertz CT molecular complexity index is 786. The first-order chi connectivity index (χ1) is 15.6. The van der Waals surface area contributed by atoms with Gasteiger partial charge in [0.25, 0.3) is 5.91 Å². The maximum Gasteiger partial charge on any atom is 0.255 e. The third kappa shape index (κ3) is 6.85. The fourth-order valence-electron chi connectivity index (χ4n) is 4.07. The Morgan fingerprint density at radius 3 is 2.38 bits per heavy atom. The molecule has 0 radical (unpaired) electrons. The van der Waals surface area contributed by atoms with E-state index in [1.165, 1.54) is 12.5 Å². The van der Waals surface area contributed by atoms with Crippen LogP contribution in [0.2, 0.25) is 0 Å². The van der Waals surface area contributed by atoms with E-state index >= 15 is 0 Å². The molecule has 9 nitrogen and oxygen atoms in total. The van der Waals surface area contributed by atoms with Crippen LogP contribution < -0.4 is 10.6 Å². The zero-order valence-corrected chi connectivity index (χ0v) is 19.1. The zero-order valence-electron chi connectivity index (χ0n) is 19.1. The van der Waals surface area contributed by atoms with Gasteiger partial charge in [0.15, 0.2) is 5.96 Å². The van der Waals surface area contributed by atoms with Crippen molar-refractivity contribution in [1.29, 1.82) is 0 Å². The van der Waals surface area contributed by atoms with Crippen molar-refractivity contribution in [1.82, 2.24) is 25.3 Å². The minimum Gasteiger partial charge on any atom is -0.507 e. The van der Waals surface area contributed by atoms with Gasteiger partial charge in [0, 0.05) is 52.4 Å². The molecule has 0 atom stereocenters. The number of aromatic hydroxyl groups is 1. The van der Waals surface area contributed by atoms with Crippen LogP contribution in [0.25, 0.3) is 0 Å². The fraction of sp³-hybridized carbons (Fsp3) is 0.609. The highest BCUT2D eigenvalue weighted by atomic mass is 16.3. The van der Waals surface area contributed by atoms with Crippen molar-refractivity contribution in [2.45, 2.75) is 26.2 Å². The molecule has 1 aromatic carbocycles. The van der Waals surface area contributed by atoms with Crippen molar-refractivity contribution in [3.8, 4) is 5.75 Å². The number of nitrogens with one attached hydrogen (secondary N) is 2. The highest BCUT2D eigenvalue weighted by Crippen LogP contribution is 2.15. The van der Waals surface area contributed by atoms with Crippen LogP contribution in [0.5, 0.6) is 5.75 Å². The van der Waals surface area contributed by atoms with E-state index in [0.29, 0.717) is 19.6 Å². The Hall–Kier alpha value is -2.81. The number of benzene rings is 1. The van der Waals surface area contributed by atoms with Crippen LogP contribution in [-0.4, -0.2) is 103 Å². The van der Waals surface area contributed by atoms with Crippen LogP contribution in [0.1, 0.15) is 36.5 Å². The summed E-state index contributed by atoms with van der Waals surface area (Å²) in [6.45, 7) is 9.18. The summed E-state index contributed by atoms with van der Waals surface area (Å²) in [6, 6.07) is 6.49. The Morgan fingerprint density at radius 1 is 0.969 bits per heavy atom. The van der Waals surface area contributed by atoms with Crippen LogP contribution in [-0.2, 0) is 4.79 Å². The molecular weight excluding hydrogens is 408 g/mol. The number of carbonyl (C=O) groups excluding carboxylic acids is 2. The first-order valence-corrected chi connectivity index (χ1v) is 11.7. The molecule has 32 heavy (non-hydrogen) atoms. The number of rotatable bonds is 7. The quantitative estimate of drug-likeness (QED) is 0.326. The minimum absolute atomic E-state index is 0.0292. The van der Waals surface area contributed by atoms with Gasteiger partial charge < -0.3 is 25.5 Å². The van der Waals surface area contributed by atoms with Gasteiger partial charge in [0.2, 0.25) is 5.91 Å². The summed E-state index contributed by atoms with van der Waals surface area (Å²) in [5.41, 5.74) is 0.263. The van der Waals surface area contributed by atoms with Gasteiger partial charge in [-0.1, -0.05) is 12.1 Å². The molecule has 0 aromatic heterocycles. The number of phenols is 1. The number of carbonyl (C=O) groups is 2. The standard InChI is InChI=1S/C23H36N6O3/c1-2-24-23(26-11-10-25-22(32)19-8-4-5-9-20(19)30)29-16-14-27(15-17-29)18-21(31)28-12-6-3-7-13-28/h4-5,8-9,30H,2-3,6-7,10-18H2,1H3,(H,24,26)(H,25,32). The average Bonchev–Trinajstić information content (AvgIpc) is 2.82. The van der Waals surface area contributed by atoms with E-state index in [4.69, 9.17) is 0 Å². The molecule has 0 aliphatic carbocycles. The van der Waals surface area contributed by atoms with Crippen molar-refractivity contribution < 1.29 is 14.7 Å². The molecular formula is C23H36N6O3. The van der Waals surface area contributed by atoms with Crippen molar-refractivity contribution in [2.75, 3.05) is 65.4 Å². The number of nitrogens with zero attached hydrogens (tertiary/aromatic N) is 4. The summed E-state index contributed by atoms with van der Waals surface area (Å²) >= 11 is 0. The van der Waals surface area contributed by atoms with Crippen LogP contribution in [0.3, 0.4) is 0 Å². The largest absolute Gasteiger partial charge is 0.507 e. The number of hydrogen-bond acceptors (Lipinski definition) is 5. The van der Waals surface area contributed by atoms with E-state index in [1.807, 2.05) is 11.8 Å². The second-order valence-electron chi connectivity index (χ2n) is 8.21. The molecule has 2 amide bonds. The summed E-state index contributed by atoms with van der Waals surface area (Å²) in [4.78, 5) is 35.8. The lowest BCUT2D eigenvalue weighted by Crippen LogP contribution is -2.54. The predicted molar refractivity (Wildman–Crippen MR) is 125 cm³/mol. The number of piperazine rings is 1. The number of amides is 2. The molecule has 2 saturated heterocycles. The maximum atomic E-state index is 12.5. The summed E-state index contributed by atoms with van der Waals surface area (Å²) < 4.78 is 0. The molecule has 2 aliphatic heterocycles. The van der Waals surface area contributed by atoms with Crippen molar-refractivity contribution >= 4 is 17.8 Å². The number of hydrogen-bond donors (Lipinski definition) is 3. The van der Waals surface area contributed by atoms with E-state index < -0.39 is 0 Å². The molecule has 2 heterocycles. The van der Waals surface area contributed by atoms with E-state index in [2.05, 4.69) is 25.4 Å². The van der Waals surface area contributed by atoms with Crippen LogP contribution >= 0.6 is 0 Å². The molecule has 1 aromatic rings. The molecule has 3 N–H and O–H groups in total. The van der Waals surface area contributed by atoms with Gasteiger partial charge in [-0.05, 0) is 38.3 Å². The second-order valence-corrected chi connectivity index (χ2v) is 8.21. The predicted octanol–water partition coefficient (Wildman–Crippen LogP) is 0.718. The Morgan fingerprint density at radius 2 is 1.69 bits per heavy atom. The maximum absolute atomic E-state index is 12.5. The lowest BCUT2D eigenvalue weighted by molar-refractivity contribution is -0.133. The fourth-order valence-corrected chi connectivity index (χ4v) is 4.07. The van der Waals surface area contributed by atoms with Crippen molar-refractivity contribution in [3.63, 3.8) is 0 Å². The van der Waals surface area contributed by atoms with Crippen molar-refractivity contribution in [3.05, 3.63) is 29.8 Å². The number of phenolic OH excluding ortho intramolecular Hbond substituents is 1. The smallest absolute Gasteiger partial charge is 0.255 e. The van der Waals surface area contributed by atoms with Crippen molar-refractivity contribution in [2.24, 2.45) is 4.99 Å². The topological polar surface area (TPSA) is 101 Å².